The van der Waals surface area contributed by atoms with E-state index in [0.717, 1.165) is 70.6 Å². The van der Waals surface area contributed by atoms with Crippen molar-refractivity contribution in [3.8, 4) is 0 Å². The van der Waals surface area contributed by atoms with Gasteiger partial charge in [-0.2, -0.15) is 0 Å². The number of ether oxygens (including phenoxy) is 1. The first-order valence-electron chi connectivity index (χ1n) is 33.3. The molecule has 454 valence electrons. The van der Waals surface area contributed by atoms with Gasteiger partial charge < -0.3 is 19.4 Å². The number of hydrogen-bond donors (Lipinski definition) is 2. The summed E-state index contributed by atoms with van der Waals surface area (Å²) in [5.41, 5.74) is 0. The van der Waals surface area contributed by atoms with Crippen molar-refractivity contribution in [3.05, 3.63) is 36.5 Å². The summed E-state index contributed by atoms with van der Waals surface area (Å²) >= 11 is 0. The molecule has 9 nitrogen and oxygen atoms in total. The molecule has 3 unspecified atom stereocenters. The third-order valence-electron chi connectivity index (χ3n) is 15.1. The highest BCUT2D eigenvalue weighted by Gasteiger charge is 2.30. The first kappa shape index (κ1) is 75.2. The number of nitrogens with zero attached hydrogens (tertiary/aromatic N) is 1. The Hall–Kier alpha value is -1.77. The Morgan fingerprint density at radius 2 is 0.753 bits per heavy atom. The Balaban J connectivity index is 4.95. The topological polar surface area (TPSA) is 111 Å². The number of likely N-dealkylation sites (N-methyl/N-ethyl adjacent to an activating group) is 1. The number of carbonyl (C=O) groups is 2. The second kappa shape index (κ2) is 57.5. The highest BCUT2D eigenvalue weighted by atomic mass is 31.2. The van der Waals surface area contributed by atoms with Gasteiger partial charge in [-0.3, -0.25) is 18.6 Å². The van der Waals surface area contributed by atoms with Crippen LogP contribution in [0.5, 0.6) is 0 Å². The Bertz CT molecular complexity index is 1410. The Morgan fingerprint density at radius 3 is 1.12 bits per heavy atom. The van der Waals surface area contributed by atoms with Crippen LogP contribution in [-0.4, -0.2) is 74.3 Å². The highest BCUT2D eigenvalue weighted by Crippen LogP contribution is 2.43. The number of amides is 1. The summed E-state index contributed by atoms with van der Waals surface area (Å²) in [6, 6.07) is -0.850. The summed E-state index contributed by atoms with van der Waals surface area (Å²) in [4.78, 5) is 37.7. The number of rotatable bonds is 61. The van der Waals surface area contributed by atoms with Crippen molar-refractivity contribution in [1.82, 2.24) is 5.32 Å². The highest BCUT2D eigenvalue weighted by molar-refractivity contribution is 7.47. The van der Waals surface area contributed by atoms with Crippen LogP contribution in [0.25, 0.3) is 0 Å². The molecule has 3 atom stereocenters. The van der Waals surface area contributed by atoms with Crippen LogP contribution < -0.4 is 5.32 Å². The fourth-order valence-electron chi connectivity index (χ4n) is 9.87. The molecule has 0 aromatic rings. The lowest BCUT2D eigenvalue weighted by atomic mass is 10.0. The van der Waals surface area contributed by atoms with Gasteiger partial charge in [-0.05, 0) is 83.1 Å². The maximum absolute atomic E-state index is 13.6. The van der Waals surface area contributed by atoms with Crippen LogP contribution in [0.15, 0.2) is 36.5 Å². The van der Waals surface area contributed by atoms with E-state index in [9.17, 15) is 19.0 Å². The Kier molecular flexibility index (Phi) is 56.1. The Morgan fingerprint density at radius 1 is 0.442 bits per heavy atom. The Labute approximate surface area is 478 Å². The number of carbonyl (C=O) groups excluding carboxylic acids is 2. The first-order chi connectivity index (χ1) is 37.4. The molecule has 0 bridgehead atoms. The predicted molar refractivity (Wildman–Crippen MR) is 332 cm³/mol. The number of phosphoric acid groups is 1. The molecule has 0 saturated heterocycles. The summed E-state index contributed by atoms with van der Waals surface area (Å²) < 4.78 is 30.7. The maximum atomic E-state index is 13.6. The summed E-state index contributed by atoms with van der Waals surface area (Å²) in [5, 5.41) is 3.06. The van der Waals surface area contributed by atoms with E-state index in [2.05, 4.69) is 50.4 Å². The lowest BCUT2D eigenvalue weighted by Crippen LogP contribution is -2.47. The SMILES string of the molecule is CCCCCCCC/C=C\CCCCCC(=O)OC(/C=C\CCCCCCCCCCC)C(COP(=O)(O)OCC[N+](C)(C)C)NC(=O)CCCCCCCCCCCCCCCCCCC/C=C/CCCCCCCC. The van der Waals surface area contributed by atoms with Crippen molar-refractivity contribution in [2.75, 3.05) is 40.9 Å². The summed E-state index contributed by atoms with van der Waals surface area (Å²) in [6.45, 7) is 7.02. The molecule has 0 heterocycles. The zero-order valence-electron chi connectivity index (χ0n) is 52.0. The minimum absolute atomic E-state index is 0.0403. The average molecular weight is 1110 g/mol. The van der Waals surface area contributed by atoms with Crippen molar-refractivity contribution in [2.45, 2.75) is 341 Å². The van der Waals surface area contributed by atoms with E-state index < -0.39 is 20.0 Å². The molecule has 77 heavy (non-hydrogen) atoms. The van der Waals surface area contributed by atoms with Crippen LogP contribution in [0.4, 0.5) is 0 Å². The molecule has 0 aliphatic heterocycles. The van der Waals surface area contributed by atoms with Gasteiger partial charge in [-0.15, -0.1) is 0 Å². The standard InChI is InChI=1S/C67H129N2O7P/c1-7-10-13-16-19-22-25-27-28-29-30-31-32-33-34-35-36-37-38-39-40-42-44-47-50-53-56-59-66(70)68-64(63-75-77(72,73)74-62-61-69(4,5)6)65(58-55-52-49-46-43-24-21-18-15-12-9-3)76-67(71)60-57-54-51-48-45-41-26-23-20-17-14-11-8-2/h27-28,41,45,55,58,64-65H,7-26,29-40,42-44,46-54,56-57,59-63H2,1-6H3,(H-,68,70,72,73)/p+1/b28-27+,45-41-,58-55-. The largest absolute Gasteiger partial charge is 0.472 e. The molecular weight excluding hydrogens is 976 g/mol. The maximum Gasteiger partial charge on any atom is 0.472 e. The van der Waals surface area contributed by atoms with Crippen molar-refractivity contribution in [1.29, 1.82) is 0 Å². The molecule has 0 aromatic carbocycles. The second-order valence-electron chi connectivity index (χ2n) is 24.0. The number of allylic oxidation sites excluding steroid dienone is 5. The van der Waals surface area contributed by atoms with Crippen LogP contribution in [0.2, 0.25) is 0 Å². The van der Waals surface area contributed by atoms with Crippen LogP contribution in [0.3, 0.4) is 0 Å². The predicted octanol–water partition coefficient (Wildman–Crippen LogP) is 20.7. The van der Waals surface area contributed by atoms with Crippen molar-refractivity contribution in [2.24, 2.45) is 0 Å². The fraction of sp³-hybridized carbons (Fsp3) is 0.881. The van der Waals surface area contributed by atoms with Crippen LogP contribution in [0, 0.1) is 0 Å². The van der Waals surface area contributed by atoms with Gasteiger partial charge in [0, 0.05) is 12.8 Å². The zero-order chi connectivity index (χ0) is 56.4. The monoisotopic (exact) mass is 1110 g/mol. The quantitative estimate of drug-likeness (QED) is 0.0205. The van der Waals surface area contributed by atoms with Gasteiger partial charge in [0.15, 0.2) is 0 Å². The molecule has 0 radical (unpaired) electrons. The minimum Gasteiger partial charge on any atom is -0.456 e. The lowest BCUT2D eigenvalue weighted by Gasteiger charge is -2.27. The van der Waals surface area contributed by atoms with Gasteiger partial charge in [0.2, 0.25) is 5.91 Å². The smallest absolute Gasteiger partial charge is 0.456 e. The molecule has 10 heteroatoms. The van der Waals surface area contributed by atoms with Gasteiger partial charge in [-0.25, -0.2) is 4.57 Å². The van der Waals surface area contributed by atoms with Gasteiger partial charge in [0.1, 0.15) is 19.3 Å². The van der Waals surface area contributed by atoms with E-state index in [-0.39, 0.29) is 31.5 Å². The number of hydrogen-bond acceptors (Lipinski definition) is 6. The average Bonchev–Trinajstić information content (AvgIpc) is 3.39. The van der Waals surface area contributed by atoms with Gasteiger partial charge in [0.25, 0.3) is 0 Å². The number of esters is 1. The van der Waals surface area contributed by atoms with Crippen LogP contribution >= 0.6 is 7.82 Å². The molecule has 0 fully saturated rings. The molecular formula is C67H130N2O7P+. The number of unbranched alkanes of at least 4 members (excludes halogenated alkanes) is 41. The molecule has 0 aliphatic carbocycles. The van der Waals surface area contributed by atoms with Gasteiger partial charge in [0.05, 0.1) is 33.8 Å². The minimum atomic E-state index is -4.45. The molecule has 0 spiro atoms. The molecule has 1 amide bonds. The second-order valence-corrected chi connectivity index (χ2v) is 25.4. The molecule has 0 aliphatic rings. The third kappa shape index (κ3) is 58.7. The van der Waals surface area contributed by atoms with E-state index in [1.165, 1.54) is 225 Å². The fourth-order valence-corrected chi connectivity index (χ4v) is 10.6. The molecule has 0 saturated carbocycles. The molecule has 0 rings (SSSR count). The molecule has 2 N–H and O–H groups in total. The summed E-state index contributed by atoms with van der Waals surface area (Å²) in [6.07, 6.45) is 70.2. The van der Waals surface area contributed by atoms with Crippen LogP contribution in [-0.2, 0) is 27.9 Å². The third-order valence-corrected chi connectivity index (χ3v) is 16.0. The van der Waals surface area contributed by atoms with E-state index >= 15 is 0 Å². The lowest BCUT2D eigenvalue weighted by molar-refractivity contribution is -0.870. The van der Waals surface area contributed by atoms with E-state index in [1.807, 2.05) is 33.3 Å². The zero-order valence-corrected chi connectivity index (χ0v) is 52.9. The number of nitrogens with one attached hydrogen (secondary N) is 1. The number of phosphoric ester groups is 1. The summed E-state index contributed by atoms with van der Waals surface area (Å²) in [7, 11) is 1.50. The first-order valence-corrected chi connectivity index (χ1v) is 34.8. The van der Waals surface area contributed by atoms with Crippen molar-refractivity contribution in [3.63, 3.8) is 0 Å². The van der Waals surface area contributed by atoms with E-state index in [0.29, 0.717) is 17.4 Å². The van der Waals surface area contributed by atoms with Gasteiger partial charge >= 0.3 is 13.8 Å². The van der Waals surface area contributed by atoms with Crippen molar-refractivity contribution < 1.29 is 37.3 Å². The van der Waals surface area contributed by atoms with E-state index in [1.54, 1.807) is 0 Å². The van der Waals surface area contributed by atoms with Crippen LogP contribution in [0.1, 0.15) is 329 Å². The van der Waals surface area contributed by atoms with Crippen molar-refractivity contribution >= 4 is 19.7 Å². The number of quaternary nitrogens is 1. The summed E-state index contributed by atoms with van der Waals surface area (Å²) in [5.74, 6) is -0.511. The molecule has 0 aromatic heterocycles. The normalized spacial score (nSPS) is 13.8. The van der Waals surface area contributed by atoms with E-state index in [4.69, 9.17) is 13.8 Å². The van der Waals surface area contributed by atoms with Gasteiger partial charge in [-0.1, -0.05) is 269 Å².